The molecule has 1 amide bonds. The van der Waals surface area contributed by atoms with Crippen LogP contribution in [-0.4, -0.2) is 34.7 Å². The van der Waals surface area contributed by atoms with Crippen LogP contribution >= 0.6 is 11.6 Å². The molecule has 1 fully saturated rings. The summed E-state index contributed by atoms with van der Waals surface area (Å²) in [6.07, 6.45) is 0.523. The maximum absolute atomic E-state index is 13.8. The van der Waals surface area contributed by atoms with Gasteiger partial charge in [-0.15, -0.1) is 0 Å². The number of rotatable bonds is 4. The van der Waals surface area contributed by atoms with E-state index in [1.165, 1.54) is 12.1 Å². The fourth-order valence-electron chi connectivity index (χ4n) is 3.04. The van der Waals surface area contributed by atoms with Crippen LogP contribution in [0.5, 0.6) is 5.75 Å². The Kier molecular flexibility index (Phi) is 6.08. The van der Waals surface area contributed by atoms with E-state index in [0.29, 0.717) is 23.8 Å². The summed E-state index contributed by atoms with van der Waals surface area (Å²) in [7, 11) is 0. The van der Waals surface area contributed by atoms with E-state index < -0.39 is 11.4 Å². The molecule has 5 nitrogen and oxygen atoms in total. The quantitative estimate of drug-likeness (QED) is 0.702. The van der Waals surface area contributed by atoms with E-state index in [1.54, 1.807) is 11.0 Å². The summed E-state index contributed by atoms with van der Waals surface area (Å²) < 4.78 is 24.8. The molecule has 1 aromatic carbocycles. The molecular formula is C21H24ClFN2O3. The Hall–Kier alpha value is -2.34. The van der Waals surface area contributed by atoms with Gasteiger partial charge in [-0.25, -0.2) is 9.18 Å². The van der Waals surface area contributed by atoms with Gasteiger partial charge in [0.05, 0.1) is 5.69 Å². The maximum Gasteiger partial charge on any atom is 0.410 e. The fourth-order valence-corrected chi connectivity index (χ4v) is 3.20. The largest absolute Gasteiger partial charge is 0.484 e. The number of likely N-dealkylation sites (tertiary alicyclic amines) is 1. The zero-order valence-corrected chi connectivity index (χ0v) is 17.0. The first-order chi connectivity index (χ1) is 13.2. The van der Waals surface area contributed by atoms with Crippen LogP contribution in [0.3, 0.4) is 0 Å². The Morgan fingerprint density at radius 2 is 2.11 bits per heavy atom. The van der Waals surface area contributed by atoms with Gasteiger partial charge in [-0.1, -0.05) is 17.7 Å². The Balaban J connectivity index is 1.61. The van der Waals surface area contributed by atoms with Gasteiger partial charge >= 0.3 is 6.09 Å². The van der Waals surface area contributed by atoms with E-state index in [-0.39, 0.29) is 24.4 Å². The highest BCUT2D eigenvalue weighted by Crippen LogP contribution is 2.28. The molecule has 1 atom stereocenters. The van der Waals surface area contributed by atoms with Crippen molar-refractivity contribution in [3.8, 4) is 5.75 Å². The van der Waals surface area contributed by atoms with Gasteiger partial charge in [0.25, 0.3) is 0 Å². The number of aromatic nitrogens is 1. The minimum atomic E-state index is -0.512. The Bertz CT molecular complexity index is 854. The monoisotopic (exact) mass is 406 g/mol. The molecule has 0 radical (unpaired) electrons. The number of nitrogens with zero attached hydrogens (tertiary/aromatic N) is 2. The Labute approximate surface area is 169 Å². The molecule has 0 spiro atoms. The van der Waals surface area contributed by atoms with Crippen LogP contribution in [0, 0.1) is 5.82 Å². The minimum absolute atomic E-state index is 0.133. The van der Waals surface area contributed by atoms with Crippen molar-refractivity contribution in [1.82, 2.24) is 9.88 Å². The molecule has 1 aromatic heterocycles. The zero-order valence-electron chi connectivity index (χ0n) is 16.2. The lowest BCUT2D eigenvalue weighted by atomic mass is 10.0. The lowest BCUT2D eigenvalue weighted by Gasteiger charge is -2.24. The van der Waals surface area contributed by atoms with Crippen molar-refractivity contribution in [3.05, 3.63) is 58.6 Å². The van der Waals surface area contributed by atoms with Crippen LogP contribution in [0.4, 0.5) is 9.18 Å². The number of carbonyl (C=O) groups is 1. The molecule has 3 rings (SSSR count). The number of hydrogen-bond donors (Lipinski definition) is 0. The molecule has 28 heavy (non-hydrogen) atoms. The molecule has 1 saturated heterocycles. The number of amides is 1. The minimum Gasteiger partial charge on any atom is -0.484 e. The third kappa shape index (κ3) is 5.35. The van der Waals surface area contributed by atoms with Crippen molar-refractivity contribution in [1.29, 1.82) is 0 Å². The molecule has 1 unspecified atom stereocenters. The highest BCUT2D eigenvalue weighted by molar-refractivity contribution is 6.30. The van der Waals surface area contributed by atoms with E-state index in [4.69, 9.17) is 21.1 Å². The van der Waals surface area contributed by atoms with E-state index in [1.807, 2.05) is 39.0 Å². The van der Waals surface area contributed by atoms with E-state index in [0.717, 1.165) is 12.1 Å². The summed E-state index contributed by atoms with van der Waals surface area (Å²) in [5, 5.41) is 0.320. The molecule has 2 heterocycles. The first-order valence-electron chi connectivity index (χ1n) is 9.23. The number of hydrogen-bond acceptors (Lipinski definition) is 4. The lowest BCUT2D eigenvalue weighted by Crippen LogP contribution is -2.35. The lowest BCUT2D eigenvalue weighted by molar-refractivity contribution is 0.0292. The van der Waals surface area contributed by atoms with Gasteiger partial charge in [0, 0.05) is 29.7 Å². The van der Waals surface area contributed by atoms with Gasteiger partial charge in [-0.05, 0) is 57.5 Å². The fraction of sp³-hybridized carbons (Fsp3) is 0.429. The summed E-state index contributed by atoms with van der Waals surface area (Å²) in [4.78, 5) is 18.6. The Morgan fingerprint density at radius 1 is 1.32 bits per heavy atom. The van der Waals surface area contributed by atoms with Crippen LogP contribution in [0.15, 0.2) is 36.4 Å². The third-order valence-electron chi connectivity index (χ3n) is 4.36. The van der Waals surface area contributed by atoms with Crippen molar-refractivity contribution >= 4 is 17.7 Å². The Morgan fingerprint density at radius 3 is 2.82 bits per heavy atom. The van der Waals surface area contributed by atoms with Gasteiger partial charge < -0.3 is 14.4 Å². The molecule has 0 N–H and O–H groups in total. The molecule has 7 heteroatoms. The first-order valence-corrected chi connectivity index (χ1v) is 9.61. The van der Waals surface area contributed by atoms with Crippen LogP contribution in [-0.2, 0) is 11.3 Å². The van der Waals surface area contributed by atoms with Crippen molar-refractivity contribution < 1.29 is 18.7 Å². The number of halogens is 2. The molecule has 1 aliphatic heterocycles. The smallest absolute Gasteiger partial charge is 0.410 e. The maximum atomic E-state index is 13.8. The summed E-state index contributed by atoms with van der Waals surface area (Å²) >= 11 is 5.75. The van der Waals surface area contributed by atoms with E-state index in [9.17, 15) is 9.18 Å². The SMILES string of the molecule is CC(C)(C)OC(=O)N1CCC(c2cccc(COc3ccc(Cl)cc3F)n2)C1. The van der Waals surface area contributed by atoms with Gasteiger partial charge in [0.1, 0.15) is 12.2 Å². The average molecular weight is 407 g/mol. The normalized spacial score (nSPS) is 16.9. The average Bonchev–Trinajstić information content (AvgIpc) is 3.10. The summed E-state index contributed by atoms with van der Waals surface area (Å²) in [5.41, 5.74) is 1.08. The van der Waals surface area contributed by atoms with Gasteiger partial charge in [-0.2, -0.15) is 0 Å². The third-order valence-corrected chi connectivity index (χ3v) is 4.59. The second-order valence-corrected chi connectivity index (χ2v) is 8.27. The summed E-state index contributed by atoms with van der Waals surface area (Å²) in [5.74, 6) is -0.235. The first kappa shape index (κ1) is 20.4. The number of ether oxygens (including phenoxy) is 2. The second-order valence-electron chi connectivity index (χ2n) is 7.83. The molecule has 0 bridgehead atoms. The topological polar surface area (TPSA) is 51.7 Å². The van der Waals surface area contributed by atoms with E-state index in [2.05, 4.69) is 4.98 Å². The molecular weight excluding hydrogens is 383 g/mol. The predicted molar refractivity (Wildman–Crippen MR) is 105 cm³/mol. The zero-order chi connectivity index (χ0) is 20.3. The van der Waals surface area contributed by atoms with Gasteiger partial charge in [0.15, 0.2) is 11.6 Å². The van der Waals surface area contributed by atoms with Crippen LogP contribution < -0.4 is 4.74 Å². The van der Waals surface area contributed by atoms with Crippen molar-refractivity contribution in [3.63, 3.8) is 0 Å². The summed E-state index contributed by atoms with van der Waals surface area (Å²) in [6.45, 7) is 6.91. The molecule has 2 aromatic rings. The number of carbonyl (C=O) groups excluding carboxylic acids is 1. The second kappa shape index (κ2) is 8.35. The van der Waals surface area contributed by atoms with Gasteiger partial charge in [-0.3, -0.25) is 4.98 Å². The standard InChI is InChI=1S/C21H24ClFN2O3/c1-21(2,3)28-20(26)25-10-9-14(12-25)18-6-4-5-16(24-18)13-27-19-8-7-15(22)11-17(19)23/h4-8,11,14H,9-10,12-13H2,1-3H3. The predicted octanol–water partition coefficient (Wildman–Crippen LogP) is 5.18. The van der Waals surface area contributed by atoms with Crippen molar-refractivity contribution in [2.75, 3.05) is 13.1 Å². The molecule has 150 valence electrons. The molecule has 0 saturated carbocycles. The van der Waals surface area contributed by atoms with Crippen LogP contribution in [0.2, 0.25) is 5.02 Å². The molecule has 0 aliphatic carbocycles. The molecule has 1 aliphatic rings. The van der Waals surface area contributed by atoms with Crippen molar-refractivity contribution in [2.24, 2.45) is 0 Å². The van der Waals surface area contributed by atoms with Crippen molar-refractivity contribution in [2.45, 2.75) is 45.3 Å². The highest BCUT2D eigenvalue weighted by Gasteiger charge is 2.31. The van der Waals surface area contributed by atoms with Crippen LogP contribution in [0.1, 0.15) is 44.5 Å². The highest BCUT2D eigenvalue weighted by atomic mass is 35.5. The van der Waals surface area contributed by atoms with E-state index >= 15 is 0 Å². The number of pyridine rings is 1. The van der Waals surface area contributed by atoms with Crippen LogP contribution in [0.25, 0.3) is 0 Å². The number of benzene rings is 1. The summed E-state index contributed by atoms with van der Waals surface area (Å²) in [6, 6.07) is 9.96. The van der Waals surface area contributed by atoms with Gasteiger partial charge in [0.2, 0.25) is 0 Å².